The number of carbonyl (C=O) groups is 2. The van der Waals surface area contributed by atoms with Crippen LogP contribution < -0.4 is 10.2 Å². The van der Waals surface area contributed by atoms with Crippen molar-refractivity contribution in [2.75, 3.05) is 11.6 Å². The highest BCUT2D eigenvalue weighted by Crippen LogP contribution is 2.31. The van der Waals surface area contributed by atoms with E-state index in [1.165, 1.54) is 11.1 Å². The zero-order valence-electron chi connectivity index (χ0n) is 19.3. The summed E-state index contributed by atoms with van der Waals surface area (Å²) in [5.74, 6) is -1.24. The Morgan fingerprint density at radius 3 is 2.03 bits per heavy atom. The molecule has 0 saturated carbocycles. The van der Waals surface area contributed by atoms with Gasteiger partial charge in [0.1, 0.15) is 6.04 Å². The van der Waals surface area contributed by atoms with Crippen molar-refractivity contribution in [2.45, 2.75) is 19.0 Å². The topological polar surface area (TPSA) is 62.3 Å². The molecular weight excluding hydrogens is 441 g/mol. The van der Waals surface area contributed by atoms with E-state index in [2.05, 4.69) is 10.3 Å². The van der Waals surface area contributed by atoms with Gasteiger partial charge in [0.15, 0.2) is 6.67 Å². The summed E-state index contributed by atoms with van der Waals surface area (Å²) in [6.45, 7) is 0.627. The van der Waals surface area contributed by atoms with Gasteiger partial charge in [0, 0.05) is 23.6 Å². The first kappa shape index (κ1) is 23.8. The molecule has 2 atom stereocenters. The van der Waals surface area contributed by atoms with E-state index in [0.717, 1.165) is 16.7 Å². The number of hydrogen-bond donors (Lipinski definition) is 1. The second kappa shape index (κ2) is 11.2. The van der Waals surface area contributed by atoms with Gasteiger partial charge >= 0.3 is 0 Å². The molecule has 0 bridgehead atoms. The molecule has 1 heterocycles. The van der Waals surface area contributed by atoms with Crippen molar-refractivity contribution in [2.24, 2.45) is 0 Å². The molecule has 4 aromatic rings. The number of carbonyl (C=O) groups excluding carboxylic acids is 2. The quantitative estimate of drug-likeness (QED) is 0.363. The number of anilines is 1. The highest BCUT2D eigenvalue weighted by molar-refractivity contribution is 6.02. The molecule has 0 saturated heterocycles. The van der Waals surface area contributed by atoms with Crippen molar-refractivity contribution in [1.29, 1.82) is 0 Å². The molecule has 0 radical (unpaired) electrons. The molecule has 0 aliphatic rings. The van der Waals surface area contributed by atoms with Crippen LogP contribution in [0.5, 0.6) is 0 Å². The van der Waals surface area contributed by atoms with Crippen molar-refractivity contribution < 1.29 is 14.0 Å². The lowest BCUT2D eigenvalue weighted by Crippen LogP contribution is -2.45. The second-order valence-electron chi connectivity index (χ2n) is 8.14. The summed E-state index contributed by atoms with van der Waals surface area (Å²) in [5.41, 5.74) is 3.78. The van der Waals surface area contributed by atoms with Gasteiger partial charge in [0.25, 0.3) is 5.91 Å². The van der Waals surface area contributed by atoms with Crippen molar-refractivity contribution in [3.63, 3.8) is 0 Å². The zero-order chi connectivity index (χ0) is 24.6. The minimum atomic E-state index is -1.24. The summed E-state index contributed by atoms with van der Waals surface area (Å²) < 4.78 is 13.8. The predicted molar refractivity (Wildman–Crippen MR) is 135 cm³/mol. The average molecular weight is 468 g/mol. The summed E-state index contributed by atoms with van der Waals surface area (Å²) in [6.07, 6.45) is 3.11. The largest absolute Gasteiger partial charge is 0.347 e. The van der Waals surface area contributed by atoms with E-state index in [4.69, 9.17) is 0 Å². The lowest BCUT2D eigenvalue weighted by molar-refractivity contribution is -0.127. The minimum Gasteiger partial charge on any atom is -0.347 e. The molecule has 0 fully saturated rings. The molecule has 0 aliphatic heterocycles. The van der Waals surface area contributed by atoms with Gasteiger partial charge in [-0.05, 0) is 41.8 Å². The van der Waals surface area contributed by atoms with Gasteiger partial charge in [-0.2, -0.15) is 0 Å². The monoisotopic (exact) mass is 467 g/mol. The molecule has 2 amide bonds. The maximum Gasteiger partial charge on any atom is 0.259 e. The van der Waals surface area contributed by atoms with Gasteiger partial charge in [-0.1, -0.05) is 78.9 Å². The SMILES string of the molecule is CC(NC(=O)C(c1cccnc1)N(C(=O)CF)c1ccc(-c2ccccc2)cc1)c1ccccc1. The highest BCUT2D eigenvalue weighted by atomic mass is 19.1. The molecule has 1 N–H and O–H groups in total. The number of rotatable bonds is 8. The lowest BCUT2D eigenvalue weighted by atomic mass is 10.0. The van der Waals surface area contributed by atoms with E-state index < -0.39 is 24.5 Å². The third-order valence-corrected chi connectivity index (χ3v) is 5.80. The van der Waals surface area contributed by atoms with E-state index >= 15 is 0 Å². The molecule has 3 aromatic carbocycles. The van der Waals surface area contributed by atoms with Crippen LogP contribution in [0.4, 0.5) is 10.1 Å². The van der Waals surface area contributed by atoms with Crippen LogP contribution in [-0.2, 0) is 9.59 Å². The Labute approximate surface area is 204 Å². The standard InChI is InChI=1S/C29H26FN3O2/c1-21(22-9-4-2-5-10-22)32-29(35)28(25-13-8-18-31-20-25)33(27(34)19-30)26-16-14-24(15-17-26)23-11-6-3-7-12-23/h2-18,20-21,28H,19H2,1H3,(H,32,35). The number of benzene rings is 3. The molecule has 5 nitrogen and oxygen atoms in total. The molecule has 1 aromatic heterocycles. The van der Waals surface area contributed by atoms with E-state index in [1.807, 2.05) is 79.7 Å². The van der Waals surface area contributed by atoms with Crippen molar-refractivity contribution >= 4 is 17.5 Å². The van der Waals surface area contributed by atoms with Gasteiger partial charge < -0.3 is 5.32 Å². The van der Waals surface area contributed by atoms with Gasteiger partial charge in [0.2, 0.25) is 5.91 Å². The summed E-state index contributed by atoms with van der Waals surface area (Å²) >= 11 is 0. The smallest absolute Gasteiger partial charge is 0.259 e. The Hall–Kier alpha value is -4.32. The minimum absolute atomic E-state index is 0.314. The molecule has 2 unspecified atom stereocenters. The number of halogens is 1. The molecule has 0 spiro atoms. The van der Waals surface area contributed by atoms with Crippen molar-refractivity contribution in [3.8, 4) is 11.1 Å². The Balaban J connectivity index is 1.71. The number of nitrogens with zero attached hydrogens (tertiary/aromatic N) is 2. The number of aromatic nitrogens is 1. The number of alkyl halides is 1. The van der Waals surface area contributed by atoms with Gasteiger partial charge in [-0.15, -0.1) is 0 Å². The van der Waals surface area contributed by atoms with Gasteiger partial charge in [-0.25, -0.2) is 4.39 Å². The fourth-order valence-electron chi connectivity index (χ4n) is 4.02. The molecule has 4 rings (SSSR count). The van der Waals surface area contributed by atoms with Crippen LogP contribution in [0.25, 0.3) is 11.1 Å². The van der Waals surface area contributed by atoms with Crippen LogP contribution in [0.2, 0.25) is 0 Å². The van der Waals surface area contributed by atoms with Crippen molar-refractivity contribution in [1.82, 2.24) is 10.3 Å². The Kier molecular flexibility index (Phi) is 7.63. The van der Waals surface area contributed by atoms with Crippen LogP contribution in [0, 0.1) is 0 Å². The average Bonchev–Trinajstić information content (AvgIpc) is 2.92. The van der Waals surface area contributed by atoms with Crippen LogP contribution in [0.1, 0.15) is 30.1 Å². The Morgan fingerprint density at radius 2 is 1.43 bits per heavy atom. The summed E-state index contributed by atoms with van der Waals surface area (Å²) in [5, 5.41) is 2.98. The number of pyridine rings is 1. The van der Waals surface area contributed by atoms with E-state index in [0.29, 0.717) is 11.3 Å². The van der Waals surface area contributed by atoms with E-state index in [-0.39, 0.29) is 6.04 Å². The molecular formula is C29H26FN3O2. The fraction of sp³-hybridized carbons (Fsp3) is 0.138. The second-order valence-corrected chi connectivity index (χ2v) is 8.14. The first-order chi connectivity index (χ1) is 17.1. The summed E-state index contributed by atoms with van der Waals surface area (Å²) in [6, 6.07) is 28.5. The van der Waals surface area contributed by atoms with Crippen LogP contribution in [0.3, 0.4) is 0 Å². The van der Waals surface area contributed by atoms with Crippen LogP contribution in [0.15, 0.2) is 109 Å². The lowest BCUT2D eigenvalue weighted by Gasteiger charge is -2.31. The Bertz CT molecular complexity index is 1250. The fourth-order valence-corrected chi connectivity index (χ4v) is 4.02. The molecule has 6 heteroatoms. The normalized spacial score (nSPS) is 12.4. The number of nitrogens with one attached hydrogen (secondary N) is 1. The molecule has 35 heavy (non-hydrogen) atoms. The summed E-state index contributed by atoms with van der Waals surface area (Å²) in [7, 11) is 0. The molecule has 176 valence electrons. The number of hydrogen-bond acceptors (Lipinski definition) is 3. The summed E-state index contributed by atoms with van der Waals surface area (Å²) in [4.78, 5) is 31.8. The third kappa shape index (κ3) is 5.61. The zero-order valence-corrected chi connectivity index (χ0v) is 19.3. The highest BCUT2D eigenvalue weighted by Gasteiger charge is 2.33. The van der Waals surface area contributed by atoms with Crippen LogP contribution in [-0.4, -0.2) is 23.5 Å². The van der Waals surface area contributed by atoms with Gasteiger partial charge in [0.05, 0.1) is 6.04 Å². The maximum absolute atomic E-state index is 13.8. The Morgan fingerprint density at radius 1 is 0.829 bits per heavy atom. The predicted octanol–water partition coefficient (Wildman–Crippen LogP) is 5.67. The van der Waals surface area contributed by atoms with Crippen LogP contribution >= 0.6 is 0 Å². The van der Waals surface area contributed by atoms with E-state index in [9.17, 15) is 14.0 Å². The molecule has 0 aliphatic carbocycles. The van der Waals surface area contributed by atoms with Gasteiger partial charge in [-0.3, -0.25) is 19.5 Å². The first-order valence-corrected chi connectivity index (χ1v) is 11.4. The third-order valence-electron chi connectivity index (χ3n) is 5.80. The van der Waals surface area contributed by atoms with Crippen molar-refractivity contribution in [3.05, 3.63) is 121 Å². The maximum atomic E-state index is 13.8. The first-order valence-electron chi connectivity index (χ1n) is 11.4. The van der Waals surface area contributed by atoms with E-state index in [1.54, 1.807) is 30.5 Å². The number of amides is 2.